The Kier molecular flexibility index (Phi) is 5.12. The molecular weight excluding hydrogens is 262 g/mol. The Balaban J connectivity index is 1.46. The Morgan fingerprint density at radius 3 is 3.05 bits per heavy atom. The van der Waals surface area contributed by atoms with Crippen molar-refractivity contribution in [2.45, 2.75) is 25.4 Å². The van der Waals surface area contributed by atoms with E-state index in [1.165, 1.54) is 44.6 Å². The molecule has 0 amide bonds. The van der Waals surface area contributed by atoms with Gasteiger partial charge in [0.05, 0.1) is 0 Å². The second-order valence-electron chi connectivity index (χ2n) is 6.12. The molecular formula is C17H27N3O. The van der Waals surface area contributed by atoms with Gasteiger partial charge in [-0.25, -0.2) is 0 Å². The quantitative estimate of drug-likeness (QED) is 0.860. The molecule has 2 fully saturated rings. The summed E-state index contributed by atoms with van der Waals surface area (Å²) in [5.74, 6) is 1.02. The maximum absolute atomic E-state index is 6.01. The third-order valence-corrected chi connectivity index (χ3v) is 4.68. The first-order chi connectivity index (χ1) is 10.4. The van der Waals surface area contributed by atoms with Crippen LogP contribution in [-0.4, -0.2) is 62.2 Å². The van der Waals surface area contributed by atoms with E-state index in [4.69, 9.17) is 4.74 Å². The molecule has 1 aromatic rings. The van der Waals surface area contributed by atoms with E-state index in [-0.39, 0.29) is 0 Å². The molecule has 0 bridgehead atoms. The predicted octanol–water partition coefficient (Wildman–Crippen LogP) is 1.56. The first kappa shape index (κ1) is 14.8. The van der Waals surface area contributed by atoms with Gasteiger partial charge in [0.25, 0.3) is 0 Å². The Labute approximate surface area is 128 Å². The minimum Gasteiger partial charge on any atom is -0.492 e. The van der Waals surface area contributed by atoms with E-state index in [1.807, 2.05) is 13.1 Å². The van der Waals surface area contributed by atoms with Crippen molar-refractivity contribution in [3.05, 3.63) is 29.8 Å². The summed E-state index contributed by atoms with van der Waals surface area (Å²) in [5, 5.41) is 3.19. The fourth-order valence-electron chi connectivity index (χ4n) is 3.52. The molecule has 1 unspecified atom stereocenters. The first-order valence-corrected chi connectivity index (χ1v) is 8.18. The van der Waals surface area contributed by atoms with Crippen LogP contribution in [0, 0.1) is 0 Å². The van der Waals surface area contributed by atoms with Crippen LogP contribution >= 0.6 is 0 Å². The Morgan fingerprint density at radius 1 is 1.24 bits per heavy atom. The van der Waals surface area contributed by atoms with Crippen molar-refractivity contribution in [2.24, 2.45) is 0 Å². The monoisotopic (exact) mass is 289 g/mol. The lowest BCUT2D eigenvalue weighted by Crippen LogP contribution is -2.50. The van der Waals surface area contributed by atoms with Crippen molar-refractivity contribution in [3.8, 4) is 5.75 Å². The van der Waals surface area contributed by atoms with Crippen LogP contribution in [0.25, 0.3) is 0 Å². The standard InChI is InChI=1S/C17H27N3O/c1-18-13-15-5-2-3-7-17(15)21-12-11-19-9-10-20-8-4-6-16(20)14-19/h2-3,5,7,16,18H,4,6,8-14H2,1H3. The third-order valence-electron chi connectivity index (χ3n) is 4.68. The molecule has 1 atom stereocenters. The summed E-state index contributed by atoms with van der Waals surface area (Å²) in [6.07, 6.45) is 2.76. The highest BCUT2D eigenvalue weighted by atomic mass is 16.5. The fourth-order valence-corrected chi connectivity index (χ4v) is 3.52. The molecule has 0 aromatic heterocycles. The molecule has 116 valence electrons. The molecule has 21 heavy (non-hydrogen) atoms. The van der Waals surface area contributed by atoms with Crippen molar-refractivity contribution in [1.82, 2.24) is 15.1 Å². The maximum atomic E-state index is 6.01. The highest BCUT2D eigenvalue weighted by Gasteiger charge is 2.30. The van der Waals surface area contributed by atoms with Crippen LogP contribution in [0.5, 0.6) is 5.75 Å². The van der Waals surface area contributed by atoms with Crippen LogP contribution < -0.4 is 10.1 Å². The molecule has 0 aliphatic carbocycles. The van der Waals surface area contributed by atoms with Crippen LogP contribution in [0.15, 0.2) is 24.3 Å². The number of fused-ring (bicyclic) bond motifs is 1. The third kappa shape index (κ3) is 3.76. The van der Waals surface area contributed by atoms with E-state index in [0.717, 1.165) is 31.5 Å². The molecule has 2 aliphatic rings. The molecule has 0 saturated carbocycles. The molecule has 1 N–H and O–H groups in total. The minimum atomic E-state index is 0.785. The van der Waals surface area contributed by atoms with Gasteiger partial charge in [0.15, 0.2) is 0 Å². The number of ether oxygens (including phenoxy) is 1. The number of rotatable bonds is 6. The lowest BCUT2D eigenvalue weighted by Gasteiger charge is -2.37. The van der Waals surface area contributed by atoms with Crippen molar-refractivity contribution in [1.29, 1.82) is 0 Å². The molecule has 2 saturated heterocycles. The van der Waals surface area contributed by atoms with Crippen molar-refractivity contribution < 1.29 is 4.74 Å². The Hall–Kier alpha value is -1.10. The van der Waals surface area contributed by atoms with Gasteiger partial charge in [0.1, 0.15) is 12.4 Å². The summed E-state index contributed by atoms with van der Waals surface area (Å²) in [6, 6.07) is 9.12. The molecule has 0 radical (unpaired) electrons. The second-order valence-corrected chi connectivity index (χ2v) is 6.12. The van der Waals surface area contributed by atoms with Gasteiger partial charge >= 0.3 is 0 Å². The van der Waals surface area contributed by atoms with Crippen LogP contribution in [0.3, 0.4) is 0 Å². The zero-order valence-corrected chi connectivity index (χ0v) is 13.1. The normalized spacial score (nSPS) is 23.2. The zero-order valence-electron chi connectivity index (χ0n) is 13.1. The van der Waals surface area contributed by atoms with Crippen molar-refractivity contribution in [3.63, 3.8) is 0 Å². The number of hydrogen-bond donors (Lipinski definition) is 1. The number of hydrogen-bond acceptors (Lipinski definition) is 4. The molecule has 4 heteroatoms. The lowest BCUT2D eigenvalue weighted by atomic mass is 10.1. The summed E-state index contributed by atoms with van der Waals surface area (Å²) in [7, 11) is 1.97. The fraction of sp³-hybridized carbons (Fsp3) is 0.647. The van der Waals surface area contributed by atoms with E-state index < -0.39 is 0 Å². The summed E-state index contributed by atoms with van der Waals surface area (Å²) in [4.78, 5) is 5.22. The van der Waals surface area contributed by atoms with Gasteiger partial charge in [-0.05, 0) is 32.5 Å². The maximum Gasteiger partial charge on any atom is 0.123 e. The largest absolute Gasteiger partial charge is 0.492 e. The van der Waals surface area contributed by atoms with Crippen molar-refractivity contribution in [2.75, 3.05) is 46.4 Å². The van der Waals surface area contributed by atoms with E-state index in [2.05, 4.69) is 33.3 Å². The average molecular weight is 289 g/mol. The SMILES string of the molecule is CNCc1ccccc1OCCN1CCN2CCCC2C1. The summed E-state index contributed by atoms with van der Waals surface area (Å²) in [6.45, 7) is 7.65. The first-order valence-electron chi connectivity index (χ1n) is 8.18. The van der Waals surface area contributed by atoms with Gasteiger partial charge in [-0.3, -0.25) is 9.80 Å². The Morgan fingerprint density at radius 2 is 2.14 bits per heavy atom. The number of para-hydroxylation sites is 1. The van der Waals surface area contributed by atoms with Crippen LogP contribution in [0.2, 0.25) is 0 Å². The summed E-state index contributed by atoms with van der Waals surface area (Å²) < 4.78 is 6.01. The molecule has 0 spiro atoms. The van der Waals surface area contributed by atoms with Gasteiger partial charge in [0, 0.05) is 44.3 Å². The molecule has 4 nitrogen and oxygen atoms in total. The lowest BCUT2D eigenvalue weighted by molar-refractivity contribution is 0.0921. The number of benzene rings is 1. The van der Waals surface area contributed by atoms with E-state index in [0.29, 0.717) is 0 Å². The highest BCUT2D eigenvalue weighted by Crippen LogP contribution is 2.21. The molecule has 2 heterocycles. The topological polar surface area (TPSA) is 27.7 Å². The average Bonchev–Trinajstić information content (AvgIpc) is 2.97. The van der Waals surface area contributed by atoms with Gasteiger partial charge in [0.2, 0.25) is 0 Å². The Bertz CT molecular complexity index is 451. The van der Waals surface area contributed by atoms with E-state index in [9.17, 15) is 0 Å². The molecule has 2 aliphatic heterocycles. The molecule has 3 rings (SSSR count). The smallest absolute Gasteiger partial charge is 0.123 e. The van der Waals surface area contributed by atoms with Crippen LogP contribution in [0.4, 0.5) is 0 Å². The molecule has 1 aromatic carbocycles. The second kappa shape index (κ2) is 7.25. The number of nitrogens with one attached hydrogen (secondary N) is 1. The van der Waals surface area contributed by atoms with Gasteiger partial charge in [-0.15, -0.1) is 0 Å². The highest BCUT2D eigenvalue weighted by molar-refractivity contribution is 5.33. The number of nitrogens with zero attached hydrogens (tertiary/aromatic N) is 2. The summed E-state index contributed by atoms with van der Waals surface area (Å²) >= 11 is 0. The summed E-state index contributed by atoms with van der Waals surface area (Å²) in [5.41, 5.74) is 1.24. The van der Waals surface area contributed by atoms with Crippen molar-refractivity contribution >= 4 is 0 Å². The minimum absolute atomic E-state index is 0.785. The van der Waals surface area contributed by atoms with Crippen LogP contribution in [0.1, 0.15) is 18.4 Å². The number of piperazine rings is 1. The van der Waals surface area contributed by atoms with Gasteiger partial charge in [-0.2, -0.15) is 0 Å². The zero-order chi connectivity index (χ0) is 14.5. The van der Waals surface area contributed by atoms with E-state index >= 15 is 0 Å². The van der Waals surface area contributed by atoms with Gasteiger partial charge < -0.3 is 10.1 Å². The van der Waals surface area contributed by atoms with Gasteiger partial charge in [-0.1, -0.05) is 18.2 Å². The van der Waals surface area contributed by atoms with E-state index in [1.54, 1.807) is 0 Å². The predicted molar refractivity (Wildman–Crippen MR) is 85.7 cm³/mol. The van der Waals surface area contributed by atoms with Crippen LogP contribution in [-0.2, 0) is 6.54 Å².